The molecule has 2 aliphatic heterocycles. The van der Waals surface area contributed by atoms with E-state index in [1.165, 1.54) is 0 Å². The van der Waals surface area contributed by atoms with Gasteiger partial charge in [-0.2, -0.15) is 0 Å². The summed E-state index contributed by atoms with van der Waals surface area (Å²) in [6, 6.07) is 7.96. The summed E-state index contributed by atoms with van der Waals surface area (Å²) in [5.74, 6) is 0.535. The number of nitrogens with one attached hydrogen (secondary N) is 1. The molecule has 1 N–H and O–H groups in total. The van der Waals surface area contributed by atoms with Crippen molar-refractivity contribution in [3.05, 3.63) is 35.5 Å². The Morgan fingerprint density at radius 2 is 2.00 bits per heavy atom. The van der Waals surface area contributed by atoms with Gasteiger partial charge >= 0.3 is 0 Å². The molecule has 0 aliphatic carbocycles. The van der Waals surface area contributed by atoms with Crippen molar-refractivity contribution in [1.82, 2.24) is 25.2 Å². The molecule has 6 nitrogen and oxygen atoms in total. The van der Waals surface area contributed by atoms with Crippen LogP contribution in [-0.4, -0.2) is 52.0 Å². The van der Waals surface area contributed by atoms with Crippen molar-refractivity contribution >= 4 is 17.5 Å². The van der Waals surface area contributed by atoms with Crippen LogP contribution in [0.4, 0.5) is 0 Å². The van der Waals surface area contributed by atoms with E-state index < -0.39 is 0 Å². The summed E-state index contributed by atoms with van der Waals surface area (Å²) in [4.78, 5) is 14.9. The topological polar surface area (TPSA) is 63.1 Å². The summed E-state index contributed by atoms with van der Waals surface area (Å²) >= 11 is 6.07. The van der Waals surface area contributed by atoms with E-state index >= 15 is 0 Å². The monoisotopic (exact) mass is 387 g/mol. The number of piperidine rings is 1. The Hall–Kier alpha value is -1.92. The Labute approximate surface area is 164 Å². The lowest BCUT2D eigenvalue weighted by Gasteiger charge is -2.34. The molecule has 3 heterocycles. The van der Waals surface area contributed by atoms with E-state index in [-0.39, 0.29) is 5.92 Å². The van der Waals surface area contributed by atoms with Gasteiger partial charge in [0, 0.05) is 29.6 Å². The van der Waals surface area contributed by atoms with Crippen LogP contribution in [-0.2, 0) is 4.79 Å². The first-order valence-electron chi connectivity index (χ1n) is 9.88. The second kappa shape index (κ2) is 8.40. The minimum absolute atomic E-state index is 0.192. The standard InChI is InChI=1S/C20H26ClN5O/c21-17-5-1-3-16(13-17)19-14-26(24-23-19)18-7-11-25(12-8-18)20(27)15-4-2-9-22-10-6-15/h1,3,5,13-15,18,22H,2,4,6-12H2. The lowest BCUT2D eigenvalue weighted by Crippen LogP contribution is -2.42. The zero-order valence-electron chi connectivity index (χ0n) is 15.5. The summed E-state index contributed by atoms with van der Waals surface area (Å²) in [5.41, 5.74) is 1.81. The fourth-order valence-corrected chi connectivity index (χ4v) is 4.30. The molecule has 144 valence electrons. The number of carbonyl (C=O) groups excluding carboxylic acids is 1. The van der Waals surface area contributed by atoms with E-state index in [1.54, 1.807) is 0 Å². The first-order valence-corrected chi connectivity index (χ1v) is 10.3. The van der Waals surface area contributed by atoms with Crippen molar-refractivity contribution < 1.29 is 4.79 Å². The van der Waals surface area contributed by atoms with Crippen molar-refractivity contribution in [2.24, 2.45) is 5.92 Å². The number of amides is 1. The maximum atomic E-state index is 12.8. The Morgan fingerprint density at radius 1 is 1.15 bits per heavy atom. The third-order valence-electron chi connectivity index (χ3n) is 5.71. The Balaban J connectivity index is 1.36. The number of carbonyl (C=O) groups is 1. The molecule has 2 saturated heterocycles. The van der Waals surface area contributed by atoms with Gasteiger partial charge in [-0.25, -0.2) is 4.68 Å². The molecule has 1 aromatic heterocycles. The van der Waals surface area contributed by atoms with Gasteiger partial charge in [0.15, 0.2) is 0 Å². The van der Waals surface area contributed by atoms with Gasteiger partial charge in [-0.1, -0.05) is 28.9 Å². The highest BCUT2D eigenvalue weighted by Gasteiger charge is 2.29. The molecule has 0 saturated carbocycles. The fourth-order valence-electron chi connectivity index (χ4n) is 4.11. The predicted molar refractivity (Wildman–Crippen MR) is 106 cm³/mol. The van der Waals surface area contributed by atoms with Crippen LogP contribution in [0.3, 0.4) is 0 Å². The van der Waals surface area contributed by atoms with Crippen LogP contribution >= 0.6 is 11.6 Å². The average molecular weight is 388 g/mol. The number of rotatable bonds is 3. The van der Waals surface area contributed by atoms with Crippen molar-refractivity contribution in [3.8, 4) is 11.3 Å². The molecule has 0 spiro atoms. The van der Waals surface area contributed by atoms with Gasteiger partial charge in [-0.15, -0.1) is 5.10 Å². The van der Waals surface area contributed by atoms with E-state index in [0.717, 1.165) is 69.5 Å². The highest BCUT2D eigenvalue weighted by molar-refractivity contribution is 6.30. The zero-order chi connectivity index (χ0) is 18.6. The summed E-state index contributed by atoms with van der Waals surface area (Å²) in [6.07, 6.45) is 6.91. The van der Waals surface area contributed by atoms with Gasteiger partial charge < -0.3 is 10.2 Å². The normalized spacial score (nSPS) is 21.8. The minimum atomic E-state index is 0.192. The Morgan fingerprint density at radius 3 is 2.81 bits per heavy atom. The molecular formula is C20H26ClN5O. The molecule has 2 fully saturated rings. The number of nitrogens with zero attached hydrogens (tertiary/aromatic N) is 4. The number of benzene rings is 1. The molecule has 4 rings (SSSR count). The SMILES string of the molecule is O=C(C1CCCNCC1)N1CCC(n2cc(-c3cccc(Cl)c3)nn2)CC1. The molecule has 1 unspecified atom stereocenters. The van der Waals surface area contributed by atoms with Crippen LogP contribution in [0.2, 0.25) is 5.02 Å². The molecule has 1 amide bonds. The number of hydrogen-bond donors (Lipinski definition) is 1. The predicted octanol–water partition coefficient (Wildman–Crippen LogP) is 3.15. The van der Waals surface area contributed by atoms with E-state index in [4.69, 9.17) is 11.6 Å². The van der Waals surface area contributed by atoms with E-state index in [0.29, 0.717) is 17.0 Å². The van der Waals surface area contributed by atoms with Crippen LogP contribution in [0.15, 0.2) is 30.5 Å². The summed E-state index contributed by atoms with van der Waals surface area (Å²) in [5, 5.41) is 12.7. The molecule has 1 atom stereocenters. The van der Waals surface area contributed by atoms with Crippen LogP contribution < -0.4 is 5.32 Å². The smallest absolute Gasteiger partial charge is 0.225 e. The maximum absolute atomic E-state index is 12.8. The lowest BCUT2D eigenvalue weighted by atomic mass is 9.96. The van der Waals surface area contributed by atoms with Crippen LogP contribution in [0.25, 0.3) is 11.3 Å². The molecular weight excluding hydrogens is 362 g/mol. The van der Waals surface area contributed by atoms with Crippen LogP contribution in [0, 0.1) is 5.92 Å². The highest BCUT2D eigenvalue weighted by atomic mass is 35.5. The van der Waals surface area contributed by atoms with Crippen molar-refractivity contribution in [3.63, 3.8) is 0 Å². The highest BCUT2D eigenvalue weighted by Crippen LogP contribution is 2.27. The van der Waals surface area contributed by atoms with E-state index in [2.05, 4.69) is 20.5 Å². The third-order valence-corrected chi connectivity index (χ3v) is 5.94. The second-order valence-electron chi connectivity index (χ2n) is 7.53. The number of halogens is 1. The first kappa shape index (κ1) is 18.4. The summed E-state index contributed by atoms with van der Waals surface area (Å²) < 4.78 is 1.95. The lowest BCUT2D eigenvalue weighted by molar-refractivity contribution is -0.137. The van der Waals surface area contributed by atoms with Gasteiger partial charge in [0.2, 0.25) is 5.91 Å². The van der Waals surface area contributed by atoms with Crippen molar-refractivity contribution in [2.75, 3.05) is 26.2 Å². The van der Waals surface area contributed by atoms with Crippen LogP contribution in [0.5, 0.6) is 0 Å². The maximum Gasteiger partial charge on any atom is 0.225 e. The Bertz CT molecular complexity index is 776. The molecule has 1 aromatic carbocycles. The molecule has 2 aliphatic rings. The first-order chi connectivity index (χ1) is 13.2. The quantitative estimate of drug-likeness (QED) is 0.878. The summed E-state index contributed by atoms with van der Waals surface area (Å²) in [6.45, 7) is 3.60. The van der Waals surface area contributed by atoms with Crippen molar-refractivity contribution in [1.29, 1.82) is 0 Å². The average Bonchev–Trinajstić information content (AvgIpc) is 3.03. The number of hydrogen-bond acceptors (Lipinski definition) is 4. The van der Waals surface area contributed by atoms with Gasteiger partial charge in [-0.3, -0.25) is 4.79 Å². The zero-order valence-corrected chi connectivity index (χ0v) is 16.2. The molecule has 0 bridgehead atoms. The molecule has 0 radical (unpaired) electrons. The van der Waals surface area contributed by atoms with Gasteiger partial charge in [0.05, 0.1) is 12.2 Å². The van der Waals surface area contributed by atoms with Gasteiger partial charge in [-0.05, 0) is 57.3 Å². The minimum Gasteiger partial charge on any atom is -0.342 e. The van der Waals surface area contributed by atoms with Crippen LogP contribution in [0.1, 0.15) is 38.1 Å². The number of aromatic nitrogens is 3. The number of likely N-dealkylation sites (tertiary alicyclic amines) is 1. The van der Waals surface area contributed by atoms with Gasteiger partial charge in [0.1, 0.15) is 5.69 Å². The van der Waals surface area contributed by atoms with E-state index in [1.807, 2.05) is 35.1 Å². The molecule has 7 heteroatoms. The Kier molecular flexibility index (Phi) is 5.74. The largest absolute Gasteiger partial charge is 0.342 e. The molecule has 2 aromatic rings. The third kappa shape index (κ3) is 4.33. The molecule has 27 heavy (non-hydrogen) atoms. The van der Waals surface area contributed by atoms with E-state index in [9.17, 15) is 4.79 Å². The summed E-state index contributed by atoms with van der Waals surface area (Å²) in [7, 11) is 0. The fraction of sp³-hybridized carbons (Fsp3) is 0.550. The van der Waals surface area contributed by atoms with Gasteiger partial charge in [0.25, 0.3) is 0 Å². The second-order valence-corrected chi connectivity index (χ2v) is 7.96. The van der Waals surface area contributed by atoms with Crippen molar-refractivity contribution in [2.45, 2.75) is 38.1 Å².